The molecule has 0 aliphatic heterocycles. The molecule has 3 aromatic carbocycles. The largest absolute Gasteiger partial charge is 0.497 e. The number of benzene rings is 3. The number of likely N-dealkylation sites (N-methyl/N-ethyl adjacent to an activating group) is 1. The van der Waals surface area contributed by atoms with Crippen LogP contribution in [0, 0.1) is 0 Å². The molecule has 0 spiro atoms. The van der Waals surface area contributed by atoms with Crippen molar-refractivity contribution in [1.82, 2.24) is 14.7 Å². The van der Waals surface area contributed by atoms with Gasteiger partial charge >= 0.3 is 0 Å². The summed E-state index contributed by atoms with van der Waals surface area (Å²) in [5.41, 5.74) is 3.16. The van der Waals surface area contributed by atoms with Crippen LogP contribution in [0.3, 0.4) is 0 Å². The number of rotatable bonds is 8. The van der Waals surface area contributed by atoms with E-state index in [1.165, 1.54) is 4.90 Å². The lowest BCUT2D eigenvalue weighted by atomic mass is 9.90. The van der Waals surface area contributed by atoms with E-state index in [2.05, 4.69) is 26.1 Å². The van der Waals surface area contributed by atoms with E-state index in [0.29, 0.717) is 5.82 Å². The Kier molecular flexibility index (Phi) is 7.96. The third-order valence-corrected chi connectivity index (χ3v) is 6.33. The molecule has 4 rings (SSSR count). The first-order chi connectivity index (χ1) is 18.2. The number of methoxy groups -OCH3 is 1. The smallest absolute Gasteiger partial charge is 0.245 e. The van der Waals surface area contributed by atoms with Crippen LogP contribution in [-0.2, 0) is 15.0 Å². The zero-order valence-electron chi connectivity index (χ0n) is 22.5. The molecule has 196 valence electrons. The van der Waals surface area contributed by atoms with E-state index in [0.717, 1.165) is 28.3 Å². The summed E-state index contributed by atoms with van der Waals surface area (Å²) >= 11 is 0. The molecule has 0 unspecified atom stereocenters. The molecule has 38 heavy (non-hydrogen) atoms. The number of nitrogens with one attached hydrogen (secondary N) is 1. The predicted molar refractivity (Wildman–Crippen MR) is 150 cm³/mol. The third kappa shape index (κ3) is 6.11. The third-order valence-electron chi connectivity index (χ3n) is 6.33. The Labute approximate surface area is 224 Å². The van der Waals surface area contributed by atoms with Crippen LogP contribution in [0.2, 0.25) is 0 Å². The van der Waals surface area contributed by atoms with Crippen molar-refractivity contribution < 1.29 is 14.3 Å². The fourth-order valence-electron chi connectivity index (χ4n) is 4.22. The molecule has 1 N–H and O–H groups in total. The quantitative estimate of drug-likeness (QED) is 0.344. The van der Waals surface area contributed by atoms with Crippen LogP contribution >= 0.6 is 0 Å². The Morgan fingerprint density at radius 1 is 0.921 bits per heavy atom. The maximum absolute atomic E-state index is 13.6. The Balaban J connectivity index is 1.56. The lowest BCUT2D eigenvalue weighted by molar-refractivity contribution is -0.133. The Morgan fingerprint density at radius 3 is 1.97 bits per heavy atom. The monoisotopic (exact) mass is 510 g/mol. The van der Waals surface area contributed by atoms with Crippen molar-refractivity contribution in [2.24, 2.45) is 0 Å². The fourth-order valence-corrected chi connectivity index (χ4v) is 4.22. The lowest BCUT2D eigenvalue weighted by Gasteiger charge is -2.24. The van der Waals surface area contributed by atoms with E-state index in [4.69, 9.17) is 9.84 Å². The number of carbonyl (C=O) groups excluding carboxylic acids is 2. The van der Waals surface area contributed by atoms with Gasteiger partial charge < -0.3 is 15.0 Å². The predicted octanol–water partition coefficient (Wildman–Crippen LogP) is 5.41. The van der Waals surface area contributed by atoms with Gasteiger partial charge in [-0.1, -0.05) is 81.4 Å². The molecular weight excluding hydrogens is 476 g/mol. The summed E-state index contributed by atoms with van der Waals surface area (Å²) < 4.78 is 6.98. The summed E-state index contributed by atoms with van der Waals surface area (Å²) in [7, 11) is 3.27. The Hall–Kier alpha value is -4.39. The highest BCUT2D eigenvalue weighted by Gasteiger charge is 2.27. The first kappa shape index (κ1) is 26.7. The van der Waals surface area contributed by atoms with E-state index in [1.54, 1.807) is 18.8 Å². The van der Waals surface area contributed by atoms with Crippen LogP contribution in [0.4, 0.5) is 5.82 Å². The minimum absolute atomic E-state index is 0.104. The molecule has 2 amide bonds. The van der Waals surface area contributed by atoms with E-state index in [-0.39, 0.29) is 23.8 Å². The van der Waals surface area contributed by atoms with Crippen LogP contribution in [0.15, 0.2) is 91.0 Å². The molecule has 4 aromatic rings. The van der Waals surface area contributed by atoms with Gasteiger partial charge in [0.1, 0.15) is 11.6 Å². The minimum Gasteiger partial charge on any atom is -0.497 e. The molecule has 1 heterocycles. The molecular formula is C31H34N4O3. The first-order valence-electron chi connectivity index (χ1n) is 12.6. The van der Waals surface area contributed by atoms with Gasteiger partial charge in [-0.05, 0) is 35.4 Å². The van der Waals surface area contributed by atoms with Crippen LogP contribution in [-0.4, -0.2) is 47.2 Å². The standard InChI is InChI=1S/C31H34N4O3/c1-31(2,3)26-20-27(35(33-26)24-16-18-25(38-5)19-17-24)32-28(36)21-34(4)30(37)29(22-12-8-6-9-13-22)23-14-10-7-11-15-23/h6-20,29H,21H2,1-5H3,(H,32,36). The molecule has 0 bridgehead atoms. The van der Waals surface area contributed by atoms with Gasteiger partial charge in [-0.2, -0.15) is 5.10 Å². The van der Waals surface area contributed by atoms with Gasteiger partial charge in [0.2, 0.25) is 11.8 Å². The van der Waals surface area contributed by atoms with E-state index < -0.39 is 5.92 Å². The second-order valence-corrected chi connectivity index (χ2v) is 10.3. The van der Waals surface area contributed by atoms with Crippen LogP contribution < -0.4 is 10.1 Å². The van der Waals surface area contributed by atoms with Crippen LogP contribution in [0.5, 0.6) is 5.75 Å². The van der Waals surface area contributed by atoms with Gasteiger partial charge in [0.05, 0.1) is 31.0 Å². The molecule has 0 aliphatic carbocycles. The van der Waals surface area contributed by atoms with Gasteiger partial charge in [-0.15, -0.1) is 0 Å². The van der Waals surface area contributed by atoms with E-state index >= 15 is 0 Å². The number of hydrogen-bond acceptors (Lipinski definition) is 4. The van der Waals surface area contributed by atoms with Crippen LogP contribution in [0.1, 0.15) is 43.5 Å². The molecule has 1 aromatic heterocycles. The Morgan fingerprint density at radius 2 is 1.47 bits per heavy atom. The number of anilines is 1. The molecule has 0 radical (unpaired) electrons. The maximum Gasteiger partial charge on any atom is 0.245 e. The highest BCUT2D eigenvalue weighted by Crippen LogP contribution is 2.28. The summed E-state index contributed by atoms with van der Waals surface area (Å²) in [4.78, 5) is 28.3. The first-order valence-corrected chi connectivity index (χ1v) is 12.6. The minimum atomic E-state index is -0.507. The number of nitrogens with zero attached hydrogens (tertiary/aromatic N) is 3. The van der Waals surface area contributed by atoms with Gasteiger partial charge in [0.25, 0.3) is 0 Å². The average molecular weight is 511 g/mol. The van der Waals surface area contributed by atoms with Gasteiger partial charge in [0.15, 0.2) is 0 Å². The summed E-state index contributed by atoms with van der Waals surface area (Å²) in [6.45, 7) is 6.10. The highest BCUT2D eigenvalue weighted by molar-refractivity contribution is 5.96. The van der Waals surface area contributed by atoms with Gasteiger partial charge in [-0.25, -0.2) is 4.68 Å². The maximum atomic E-state index is 13.6. The van der Waals surface area contributed by atoms with Gasteiger partial charge in [0, 0.05) is 18.5 Å². The lowest BCUT2D eigenvalue weighted by Crippen LogP contribution is -2.38. The molecule has 0 saturated heterocycles. The van der Waals surface area contributed by atoms with Crippen LogP contribution in [0.25, 0.3) is 5.69 Å². The number of ether oxygens (including phenoxy) is 1. The number of amides is 2. The summed E-state index contributed by atoms with van der Waals surface area (Å²) in [5.74, 6) is 0.294. The SMILES string of the molecule is COc1ccc(-n2nc(C(C)(C)C)cc2NC(=O)CN(C)C(=O)C(c2ccccc2)c2ccccc2)cc1. The second kappa shape index (κ2) is 11.3. The zero-order valence-corrected chi connectivity index (χ0v) is 22.5. The Bertz CT molecular complexity index is 1330. The highest BCUT2D eigenvalue weighted by atomic mass is 16.5. The molecule has 0 saturated carbocycles. The molecule has 7 heteroatoms. The number of carbonyl (C=O) groups is 2. The van der Waals surface area contributed by atoms with Crippen molar-refractivity contribution in [3.05, 3.63) is 108 Å². The topological polar surface area (TPSA) is 76.5 Å². The summed E-state index contributed by atoms with van der Waals surface area (Å²) in [6, 6.07) is 28.6. The van der Waals surface area contributed by atoms with E-state index in [9.17, 15) is 9.59 Å². The van der Waals surface area contributed by atoms with Crippen molar-refractivity contribution in [1.29, 1.82) is 0 Å². The van der Waals surface area contributed by atoms with Gasteiger partial charge in [-0.3, -0.25) is 9.59 Å². The summed E-state index contributed by atoms with van der Waals surface area (Å²) in [6.07, 6.45) is 0. The molecule has 0 atom stereocenters. The fraction of sp³-hybridized carbons (Fsp3) is 0.258. The van der Waals surface area contributed by atoms with Crippen molar-refractivity contribution >= 4 is 17.6 Å². The zero-order chi connectivity index (χ0) is 27.3. The second-order valence-electron chi connectivity index (χ2n) is 10.3. The molecule has 7 nitrogen and oxygen atoms in total. The number of hydrogen-bond donors (Lipinski definition) is 1. The van der Waals surface area contributed by atoms with Crippen molar-refractivity contribution in [3.8, 4) is 11.4 Å². The normalized spacial score (nSPS) is 11.3. The van der Waals surface area contributed by atoms with Crippen molar-refractivity contribution in [2.45, 2.75) is 32.1 Å². The van der Waals surface area contributed by atoms with E-state index in [1.807, 2.05) is 91.0 Å². The number of aromatic nitrogens is 2. The molecule has 0 aliphatic rings. The average Bonchev–Trinajstić information content (AvgIpc) is 3.34. The van der Waals surface area contributed by atoms with Crippen molar-refractivity contribution in [2.75, 3.05) is 26.0 Å². The molecule has 0 fully saturated rings. The summed E-state index contributed by atoms with van der Waals surface area (Å²) in [5, 5.41) is 7.73. The van der Waals surface area contributed by atoms with Crippen molar-refractivity contribution in [3.63, 3.8) is 0 Å².